The molecular formula is C14H16FNO. The van der Waals surface area contributed by atoms with Crippen LogP contribution < -0.4 is 4.90 Å². The van der Waals surface area contributed by atoms with Gasteiger partial charge in [0.25, 0.3) is 0 Å². The van der Waals surface area contributed by atoms with E-state index in [1.54, 1.807) is 12.1 Å². The smallest absolute Gasteiger partial charge is 0.230 e. The minimum Gasteiger partial charge on any atom is -0.312 e. The second kappa shape index (κ2) is 4.13. The molecule has 1 fully saturated rings. The molecule has 1 aliphatic heterocycles. The summed E-state index contributed by atoms with van der Waals surface area (Å²) in [6.45, 7) is 0.716. The number of carbonyl (C=O) groups excluding carboxylic acids is 1. The fraction of sp³-hybridized carbons (Fsp3) is 0.500. The second-order valence-electron chi connectivity index (χ2n) is 4.99. The molecule has 1 amide bonds. The summed E-state index contributed by atoms with van der Waals surface area (Å²) in [5, 5.41) is 0. The molecule has 0 aromatic heterocycles. The number of halogens is 1. The van der Waals surface area contributed by atoms with E-state index in [4.69, 9.17) is 0 Å². The summed E-state index contributed by atoms with van der Waals surface area (Å²) >= 11 is 0. The van der Waals surface area contributed by atoms with Crippen molar-refractivity contribution in [2.45, 2.75) is 32.1 Å². The maximum Gasteiger partial charge on any atom is 0.230 e. The van der Waals surface area contributed by atoms with Crippen LogP contribution in [0.3, 0.4) is 0 Å². The first-order valence-electron chi connectivity index (χ1n) is 6.35. The number of benzene rings is 1. The monoisotopic (exact) mass is 233 g/mol. The Hall–Kier alpha value is -1.38. The van der Waals surface area contributed by atoms with Gasteiger partial charge in [0, 0.05) is 18.2 Å². The molecule has 1 aromatic carbocycles. The predicted molar refractivity (Wildman–Crippen MR) is 64.4 cm³/mol. The van der Waals surface area contributed by atoms with Crippen LogP contribution >= 0.6 is 0 Å². The van der Waals surface area contributed by atoms with Crippen LogP contribution in [-0.4, -0.2) is 12.5 Å². The van der Waals surface area contributed by atoms with Crippen LogP contribution in [0, 0.1) is 11.7 Å². The molecule has 2 aliphatic rings. The van der Waals surface area contributed by atoms with Crippen molar-refractivity contribution in [3.8, 4) is 0 Å². The van der Waals surface area contributed by atoms with Gasteiger partial charge in [-0.05, 0) is 43.0 Å². The van der Waals surface area contributed by atoms with Crippen molar-refractivity contribution < 1.29 is 9.18 Å². The van der Waals surface area contributed by atoms with Crippen molar-refractivity contribution in [1.82, 2.24) is 0 Å². The van der Waals surface area contributed by atoms with E-state index in [2.05, 4.69) is 0 Å². The standard InChI is InChI=1S/C14H16FNO/c15-12-5-6-13-11(9-12)7-8-16(13)14(17)10-3-1-2-4-10/h5-6,9-10H,1-4,7-8H2. The van der Waals surface area contributed by atoms with Gasteiger partial charge in [0.1, 0.15) is 5.82 Å². The Kier molecular flexibility index (Phi) is 2.61. The summed E-state index contributed by atoms with van der Waals surface area (Å²) < 4.78 is 13.1. The highest BCUT2D eigenvalue weighted by atomic mass is 19.1. The molecule has 0 radical (unpaired) electrons. The number of rotatable bonds is 1. The normalized spacial score (nSPS) is 19.7. The number of nitrogens with zero attached hydrogens (tertiary/aromatic N) is 1. The van der Waals surface area contributed by atoms with Gasteiger partial charge in [0.15, 0.2) is 0 Å². The average molecular weight is 233 g/mol. The van der Waals surface area contributed by atoms with Crippen molar-refractivity contribution in [1.29, 1.82) is 0 Å². The van der Waals surface area contributed by atoms with Gasteiger partial charge in [0.05, 0.1) is 0 Å². The molecule has 1 heterocycles. The maximum atomic E-state index is 13.1. The Morgan fingerprint density at radius 1 is 1.29 bits per heavy atom. The van der Waals surface area contributed by atoms with Gasteiger partial charge in [-0.1, -0.05) is 12.8 Å². The highest BCUT2D eigenvalue weighted by Gasteiger charge is 2.31. The molecular weight excluding hydrogens is 217 g/mol. The third-order valence-electron chi connectivity index (χ3n) is 3.91. The van der Waals surface area contributed by atoms with E-state index < -0.39 is 0 Å². The molecule has 1 aliphatic carbocycles. The van der Waals surface area contributed by atoms with Gasteiger partial charge in [-0.2, -0.15) is 0 Å². The van der Waals surface area contributed by atoms with E-state index in [1.807, 2.05) is 4.90 Å². The zero-order valence-corrected chi connectivity index (χ0v) is 9.79. The largest absolute Gasteiger partial charge is 0.312 e. The highest BCUT2D eigenvalue weighted by molar-refractivity contribution is 5.97. The zero-order chi connectivity index (χ0) is 11.8. The lowest BCUT2D eigenvalue weighted by Crippen LogP contribution is -2.33. The highest BCUT2D eigenvalue weighted by Crippen LogP contribution is 2.33. The molecule has 0 spiro atoms. The van der Waals surface area contributed by atoms with Crippen molar-refractivity contribution in [2.75, 3.05) is 11.4 Å². The fourth-order valence-electron chi connectivity index (χ4n) is 2.99. The van der Waals surface area contributed by atoms with Crippen LogP contribution in [0.15, 0.2) is 18.2 Å². The molecule has 0 N–H and O–H groups in total. The minimum atomic E-state index is -0.209. The Bertz CT molecular complexity index is 452. The zero-order valence-electron chi connectivity index (χ0n) is 9.79. The molecule has 3 heteroatoms. The first-order chi connectivity index (χ1) is 8.25. The summed E-state index contributed by atoms with van der Waals surface area (Å²) in [6, 6.07) is 4.74. The number of amides is 1. The first-order valence-corrected chi connectivity index (χ1v) is 6.35. The molecule has 1 aromatic rings. The fourth-order valence-corrected chi connectivity index (χ4v) is 2.99. The van der Waals surface area contributed by atoms with Gasteiger partial charge in [-0.3, -0.25) is 4.79 Å². The lowest BCUT2D eigenvalue weighted by atomic mass is 10.1. The number of fused-ring (bicyclic) bond motifs is 1. The number of hydrogen-bond acceptors (Lipinski definition) is 1. The van der Waals surface area contributed by atoms with Gasteiger partial charge in [-0.25, -0.2) is 4.39 Å². The third-order valence-corrected chi connectivity index (χ3v) is 3.91. The lowest BCUT2D eigenvalue weighted by Gasteiger charge is -2.21. The Balaban J connectivity index is 1.85. The van der Waals surface area contributed by atoms with Crippen LogP contribution in [-0.2, 0) is 11.2 Å². The number of hydrogen-bond donors (Lipinski definition) is 0. The minimum absolute atomic E-state index is 0.200. The molecule has 90 valence electrons. The van der Waals surface area contributed by atoms with Gasteiger partial charge < -0.3 is 4.90 Å². The maximum absolute atomic E-state index is 13.1. The Morgan fingerprint density at radius 2 is 2.06 bits per heavy atom. The molecule has 17 heavy (non-hydrogen) atoms. The molecule has 2 nitrogen and oxygen atoms in total. The van der Waals surface area contributed by atoms with Crippen molar-refractivity contribution in [3.63, 3.8) is 0 Å². The summed E-state index contributed by atoms with van der Waals surface area (Å²) in [4.78, 5) is 14.2. The molecule has 0 unspecified atom stereocenters. The molecule has 0 saturated heterocycles. The first kappa shape index (κ1) is 10.8. The molecule has 1 saturated carbocycles. The summed E-state index contributed by atoms with van der Waals surface area (Å²) in [7, 11) is 0. The molecule has 3 rings (SSSR count). The lowest BCUT2D eigenvalue weighted by molar-refractivity contribution is -0.122. The molecule has 0 atom stereocenters. The average Bonchev–Trinajstić information content (AvgIpc) is 2.96. The van der Waals surface area contributed by atoms with E-state index >= 15 is 0 Å². The van der Waals surface area contributed by atoms with Crippen molar-refractivity contribution in [2.24, 2.45) is 5.92 Å². The Labute approximate surface area is 100 Å². The van der Waals surface area contributed by atoms with Crippen LogP contribution in [0.25, 0.3) is 0 Å². The summed E-state index contributed by atoms with van der Waals surface area (Å²) in [5.74, 6) is 0.234. The number of anilines is 1. The van der Waals surface area contributed by atoms with Crippen LogP contribution in [0.4, 0.5) is 10.1 Å². The topological polar surface area (TPSA) is 20.3 Å². The third kappa shape index (κ3) is 1.84. The van der Waals surface area contributed by atoms with Crippen LogP contribution in [0.1, 0.15) is 31.2 Å². The SMILES string of the molecule is O=C(C1CCCC1)N1CCc2cc(F)ccc21. The summed E-state index contributed by atoms with van der Waals surface area (Å²) in [5.41, 5.74) is 1.89. The van der Waals surface area contributed by atoms with Crippen LogP contribution in [0.5, 0.6) is 0 Å². The van der Waals surface area contributed by atoms with E-state index in [-0.39, 0.29) is 17.6 Å². The van der Waals surface area contributed by atoms with E-state index in [1.165, 1.54) is 18.9 Å². The van der Waals surface area contributed by atoms with Gasteiger partial charge in [-0.15, -0.1) is 0 Å². The van der Waals surface area contributed by atoms with Crippen molar-refractivity contribution >= 4 is 11.6 Å². The summed E-state index contributed by atoms with van der Waals surface area (Å²) in [6.07, 6.45) is 5.16. The number of carbonyl (C=O) groups is 1. The van der Waals surface area contributed by atoms with E-state index in [0.717, 1.165) is 30.5 Å². The van der Waals surface area contributed by atoms with E-state index in [0.29, 0.717) is 6.54 Å². The second-order valence-corrected chi connectivity index (χ2v) is 4.99. The van der Waals surface area contributed by atoms with Gasteiger partial charge in [0.2, 0.25) is 5.91 Å². The van der Waals surface area contributed by atoms with Crippen molar-refractivity contribution in [3.05, 3.63) is 29.6 Å². The van der Waals surface area contributed by atoms with Gasteiger partial charge >= 0.3 is 0 Å². The molecule has 0 bridgehead atoms. The quantitative estimate of drug-likeness (QED) is 0.730. The predicted octanol–water partition coefficient (Wildman–Crippen LogP) is 2.91. The van der Waals surface area contributed by atoms with E-state index in [9.17, 15) is 9.18 Å². The Morgan fingerprint density at radius 3 is 2.82 bits per heavy atom. The van der Waals surface area contributed by atoms with Crippen LogP contribution in [0.2, 0.25) is 0 Å².